The monoisotopic (exact) mass is 314 g/mol. The van der Waals surface area contributed by atoms with Crippen molar-refractivity contribution in [1.82, 2.24) is 9.80 Å². The molecular formula is C17H18N2O2S. The number of thiophene rings is 1. The minimum atomic E-state index is 0.0467. The third kappa shape index (κ3) is 3.20. The van der Waals surface area contributed by atoms with E-state index in [1.165, 1.54) is 11.3 Å². The third-order valence-corrected chi connectivity index (χ3v) is 4.54. The molecule has 0 spiro atoms. The number of hydrogen-bond donors (Lipinski definition) is 0. The van der Waals surface area contributed by atoms with Crippen LogP contribution >= 0.6 is 11.3 Å². The van der Waals surface area contributed by atoms with Crippen LogP contribution in [0.4, 0.5) is 0 Å². The van der Waals surface area contributed by atoms with Crippen molar-refractivity contribution in [3.63, 3.8) is 0 Å². The summed E-state index contributed by atoms with van der Waals surface area (Å²) in [5, 5.41) is 3.79. The van der Waals surface area contributed by atoms with Gasteiger partial charge in [0.05, 0.1) is 5.56 Å². The Morgan fingerprint density at radius 1 is 0.818 bits per heavy atom. The predicted molar refractivity (Wildman–Crippen MR) is 87.2 cm³/mol. The van der Waals surface area contributed by atoms with Crippen LogP contribution in [-0.4, -0.2) is 47.8 Å². The van der Waals surface area contributed by atoms with Crippen LogP contribution in [0.5, 0.6) is 0 Å². The predicted octanol–water partition coefficient (Wildman–Crippen LogP) is 2.74. The molecule has 5 heteroatoms. The van der Waals surface area contributed by atoms with Crippen molar-refractivity contribution in [2.45, 2.75) is 6.42 Å². The lowest BCUT2D eigenvalue weighted by molar-refractivity contribution is 0.0719. The standard InChI is InChI=1S/C17H18N2O2S/c20-16(14-5-2-1-3-6-14)18-8-4-9-19(11-10-18)17(21)15-7-12-22-13-15/h1-3,5-7,12-13H,4,8-11H2. The van der Waals surface area contributed by atoms with Gasteiger partial charge in [-0.2, -0.15) is 11.3 Å². The van der Waals surface area contributed by atoms with Gasteiger partial charge >= 0.3 is 0 Å². The maximum absolute atomic E-state index is 12.5. The summed E-state index contributed by atoms with van der Waals surface area (Å²) in [6, 6.07) is 11.2. The van der Waals surface area contributed by atoms with Crippen molar-refractivity contribution >= 4 is 23.2 Å². The lowest BCUT2D eigenvalue weighted by Crippen LogP contribution is -2.37. The van der Waals surface area contributed by atoms with Gasteiger partial charge in [-0.3, -0.25) is 9.59 Å². The van der Waals surface area contributed by atoms with Gasteiger partial charge < -0.3 is 9.80 Å². The highest BCUT2D eigenvalue weighted by atomic mass is 32.1. The Balaban J connectivity index is 1.65. The number of rotatable bonds is 2. The molecule has 0 aliphatic carbocycles. The van der Waals surface area contributed by atoms with Crippen LogP contribution in [0.15, 0.2) is 47.2 Å². The lowest BCUT2D eigenvalue weighted by atomic mass is 10.2. The number of benzene rings is 1. The van der Waals surface area contributed by atoms with E-state index in [0.29, 0.717) is 31.7 Å². The van der Waals surface area contributed by atoms with Gasteiger partial charge in [-0.05, 0) is 30.0 Å². The molecule has 0 bridgehead atoms. The van der Waals surface area contributed by atoms with Crippen molar-refractivity contribution in [3.05, 3.63) is 58.3 Å². The molecule has 114 valence electrons. The number of nitrogens with zero attached hydrogens (tertiary/aromatic N) is 2. The first-order valence-electron chi connectivity index (χ1n) is 7.41. The van der Waals surface area contributed by atoms with E-state index in [9.17, 15) is 9.59 Å². The minimum absolute atomic E-state index is 0.0467. The van der Waals surface area contributed by atoms with Gasteiger partial charge in [0.2, 0.25) is 0 Å². The molecule has 1 fully saturated rings. The molecule has 2 heterocycles. The Labute approximate surface area is 134 Å². The fourth-order valence-electron chi connectivity index (χ4n) is 2.66. The highest BCUT2D eigenvalue weighted by Gasteiger charge is 2.23. The zero-order chi connectivity index (χ0) is 15.4. The van der Waals surface area contributed by atoms with E-state index < -0.39 is 0 Å². The molecule has 2 amide bonds. The summed E-state index contributed by atoms with van der Waals surface area (Å²) in [5.41, 5.74) is 1.45. The Morgan fingerprint density at radius 2 is 1.45 bits per heavy atom. The minimum Gasteiger partial charge on any atom is -0.337 e. The molecule has 0 N–H and O–H groups in total. The van der Waals surface area contributed by atoms with Gasteiger partial charge in [-0.15, -0.1) is 0 Å². The van der Waals surface area contributed by atoms with Crippen LogP contribution in [0.3, 0.4) is 0 Å². The fraction of sp³-hybridized carbons (Fsp3) is 0.294. The van der Waals surface area contributed by atoms with E-state index in [0.717, 1.165) is 12.0 Å². The maximum atomic E-state index is 12.5. The van der Waals surface area contributed by atoms with Crippen molar-refractivity contribution in [1.29, 1.82) is 0 Å². The zero-order valence-electron chi connectivity index (χ0n) is 12.3. The molecule has 2 aromatic rings. The van der Waals surface area contributed by atoms with Crippen LogP contribution in [0.1, 0.15) is 27.1 Å². The largest absolute Gasteiger partial charge is 0.337 e. The van der Waals surface area contributed by atoms with Crippen LogP contribution in [0, 0.1) is 0 Å². The molecule has 1 aliphatic heterocycles. The second-order valence-electron chi connectivity index (χ2n) is 5.32. The SMILES string of the molecule is O=C(c1ccccc1)N1CCCN(C(=O)c2ccsc2)CC1. The second-order valence-corrected chi connectivity index (χ2v) is 6.10. The van der Waals surface area contributed by atoms with E-state index >= 15 is 0 Å². The first-order valence-corrected chi connectivity index (χ1v) is 8.36. The second kappa shape index (κ2) is 6.75. The van der Waals surface area contributed by atoms with Crippen LogP contribution in [-0.2, 0) is 0 Å². The molecule has 1 saturated heterocycles. The van der Waals surface area contributed by atoms with E-state index in [1.807, 2.05) is 57.0 Å². The number of carbonyl (C=O) groups is 2. The van der Waals surface area contributed by atoms with Crippen molar-refractivity contribution in [3.8, 4) is 0 Å². The van der Waals surface area contributed by atoms with Crippen LogP contribution in [0.2, 0.25) is 0 Å². The molecule has 1 aromatic carbocycles. The van der Waals surface area contributed by atoms with Gasteiger partial charge in [0, 0.05) is 37.1 Å². The summed E-state index contributed by atoms with van der Waals surface area (Å²) < 4.78 is 0. The molecule has 0 unspecified atom stereocenters. The molecule has 3 rings (SSSR count). The van der Waals surface area contributed by atoms with Gasteiger partial charge in [0.25, 0.3) is 11.8 Å². The summed E-state index contributed by atoms with van der Waals surface area (Å²) >= 11 is 1.53. The number of hydrogen-bond acceptors (Lipinski definition) is 3. The molecule has 0 atom stereocenters. The van der Waals surface area contributed by atoms with Gasteiger partial charge in [-0.1, -0.05) is 18.2 Å². The Bertz CT molecular complexity index is 640. The lowest BCUT2D eigenvalue weighted by Gasteiger charge is -2.22. The topological polar surface area (TPSA) is 40.6 Å². The fourth-order valence-corrected chi connectivity index (χ4v) is 3.29. The molecule has 0 saturated carbocycles. The average molecular weight is 314 g/mol. The summed E-state index contributed by atoms with van der Waals surface area (Å²) in [6.07, 6.45) is 0.814. The van der Waals surface area contributed by atoms with Crippen molar-refractivity contribution in [2.24, 2.45) is 0 Å². The molecule has 4 nitrogen and oxygen atoms in total. The molecule has 0 radical (unpaired) electrons. The van der Waals surface area contributed by atoms with E-state index in [2.05, 4.69) is 0 Å². The van der Waals surface area contributed by atoms with Crippen LogP contribution < -0.4 is 0 Å². The summed E-state index contributed by atoms with van der Waals surface area (Å²) in [6.45, 7) is 2.57. The number of amides is 2. The van der Waals surface area contributed by atoms with Crippen LogP contribution in [0.25, 0.3) is 0 Å². The highest BCUT2D eigenvalue weighted by Crippen LogP contribution is 2.13. The maximum Gasteiger partial charge on any atom is 0.254 e. The van der Waals surface area contributed by atoms with Gasteiger partial charge in [0.15, 0.2) is 0 Å². The van der Waals surface area contributed by atoms with E-state index in [4.69, 9.17) is 0 Å². The third-order valence-electron chi connectivity index (χ3n) is 3.86. The summed E-state index contributed by atoms with van der Waals surface area (Å²) in [4.78, 5) is 28.6. The Hall–Kier alpha value is -2.14. The van der Waals surface area contributed by atoms with Crippen molar-refractivity contribution in [2.75, 3.05) is 26.2 Å². The first kappa shape index (κ1) is 14.8. The van der Waals surface area contributed by atoms with Crippen molar-refractivity contribution < 1.29 is 9.59 Å². The first-order chi connectivity index (χ1) is 10.8. The normalized spacial score (nSPS) is 15.5. The highest BCUT2D eigenvalue weighted by molar-refractivity contribution is 7.08. The summed E-state index contributed by atoms with van der Waals surface area (Å²) in [7, 11) is 0. The molecular weight excluding hydrogens is 296 g/mol. The molecule has 1 aromatic heterocycles. The zero-order valence-corrected chi connectivity index (χ0v) is 13.1. The van der Waals surface area contributed by atoms with Gasteiger partial charge in [0.1, 0.15) is 0 Å². The number of carbonyl (C=O) groups excluding carboxylic acids is 2. The summed E-state index contributed by atoms with van der Waals surface area (Å²) in [5.74, 6) is 0.112. The quantitative estimate of drug-likeness (QED) is 0.855. The molecule has 1 aliphatic rings. The average Bonchev–Trinajstić information content (AvgIpc) is 2.99. The van der Waals surface area contributed by atoms with Gasteiger partial charge in [-0.25, -0.2) is 0 Å². The smallest absolute Gasteiger partial charge is 0.254 e. The Morgan fingerprint density at radius 3 is 2.05 bits per heavy atom. The van der Waals surface area contributed by atoms with E-state index in [1.54, 1.807) is 0 Å². The Kier molecular flexibility index (Phi) is 4.53. The van der Waals surface area contributed by atoms with E-state index in [-0.39, 0.29) is 11.8 Å². The molecule has 22 heavy (non-hydrogen) atoms.